The second kappa shape index (κ2) is 11.7. The summed E-state index contributed by atoms with van der Waals surface area (Å²) in [6.45, 7) is 19.1. The van der Waals surface area contributed by atoms with Gasteiger partial charge in [-0.3, -0.25) is 4.90 Å². The number of anilines is 1. The van der Waals surface area contributed by atoms with Crippen LogP contribution >= 0.6 is 11.3 Å². The Morgan fingerprint density at radius 3 is 2.43 bits per heavy atom. The van der Waals surface area contributed by atoms with Gasteiger partial charge in [-0.25, -0.2) is 19.7 Å². The Bertz CT molecular complexity index is 1590. The monoisotopic (exact) mass is 587 g/mol. The van der Waals surface area contributed by atoms with Gasteiger partial charge in [0.05, 0.1) is 15.8 Å². The Kier molecular flexibility index (Phi) is 8.38. The average molecular weight is 588 g/mol. The minimum Gasteiger partial charge on any atom is -0.479 e. The van der Waals surface area contributed by atoms with Gasteiger partial charge >= 0.3 is 5.97 Å². The van der Waals surface area contributed by atoms with Crippen molar-refractivity contribution in [3.8, 4) is 21.8 Å². The first-order chi connectivity index (χ1) is 19.8. The van der Waals surface area contributed by atoms with Crippen molar-refractivity contribution in [1.29, 1.82) is 0 Å². The summed E-state index contributed by atoms with van der Waals surface area (Å²) < 4.78 is 7.08. The smallest absolute Gasteiger partial charge is 0.337 e. The van der Waals surface area contributed by atoms with Crippen molar-refractivity contribution in [3.63, 3.8) is 0 Å². The van der Waals surface area contributed by atoms with Gasteiger partial charge in [-0.2, -0.15) is 0 Å². The molecule has 0 amide bonds. The van der Waals surface area contributed by atoms with Crippen LogP contribution in [0.2, 0.25) is 0 Å². The number of carbonyl (C=O) groups is 1. The maximum Gasteiger partial charge on any atom is 0.337 e. The molecule has 2 aromatic heterocycles. The first kappa shape index (κ1) is 30.1. The fraction of sp³-hybridized carbons (Fsp3) is 0.455. The number of rotatable bonds is 7. The average Bonchev–Trinajstić information content (AvgIpc) is 3.35. The first-order valence-corrected chi connectivity index (χ1v) is 15.4. The Balaban J connectivity index is 1.63. The van der Waals surface area contributed by atoms with Gasteiger partial charge in [0.15, 0.2) is 6.10 Å². The molecule has 42 heavy (non-hydrogen) atoms. The number of fused-ring (bicyclic) bond motifs is 1. The number of ether oxygens (including phenoxy) is 1. The maximum absolute atomic E-state index is 12.6. The molecular weight excluding hydrogens is 546 g/mol. The molecule has 3 heterocycles. The maximum atomic E-state index is 12.6. The number of aliphatic carboxylic acids is 1. The molecule has 1 N–H and O–H groups in total. The Morgan fingerprint density at radius 2 is 1.81 bits per heavy atom. The zero-order valence-electron chi connectivity index (χ0n) is 25.8. The highest BCUT2D eigenvalue weighted by Crippen LogP contribution is 2.44. The van der Waals surface area contributed by atoms with E-state index in [2.05, 4.69) is 35.6 Å². The zero-order valence-corrected chi connectivity index (χ0v) is 26.6. The first-order valence-electron chi connectivity index (χ1n) is 14.6. The summed E-state index contributed by atoms with van der Waals surface area (Å²) in [5.74, 6) is -0.305. The van der Waals surface area contributed by atoms with Gasteiger partial charge in [0.2, 0.25) is 5.95 Å². The number of carboxylic acids is 1. The lowest BCUT2D eigenvalue weighted by Gasteiger charge is -2.41. The second-order valence-corrected chi connectivity index (χ2v) is 13.5. The van der Waals surface area contributed by atoms with Crippen molar-refractivity contribution >= 4 is 33.5 Å². The van der Waals surface area contributed by atoms with Gasteiger partial charge in [-0.05, 0) is 78.6 Å². The number of hydrogen-bond acceptors (Lipinski definition) is 8. The largest absolute Gasteiger partial charge is 0.479 e. The molecular formula is C33H41N5O3S. The van der Waals surface area contributed by atoms with Crippen molar-refractivity contribution in [2.75, 3.05) is 24.5 Å². The number of hydrogen-bond donors (Lipinski definition) is 1. The molecule has 1 aliphatic heterocycles. The highest BCUT2D eigenvalue weighted by Gasteiger charge is 2.33. The van der Waals surface area contributed by atoms with Crippen LogP contribution in [-0.2, 0) is 9.53 Å². The summed E-state index contributed by atoms with van der Waals surface area (Å²) in [5.41, 5.74) is 5.31. The van der Waals surface area contributed by atoms with E-state index >= 15 is 0 Å². The van der Waals surface area contributed by atoms with Crippen LogP contribution in [0.1, 0.15) is 64.3 Å². The number of aromatic nitrogens is 3. The fourth-order valence-corrected chi connectivity index (χ4v) is 6.70. The van der Waals surface area contributed by atoms with Crippen LogP contribution in [0.25, 0.3) is 32.0 Å². The summed E-state index contributed by atoms with van der Waals surface area (Å²) in [5, 5.41) is 11.1. The predicted octanol–water partition coefficient (Wildman–Crippen LogP) is 6.90. The molecule has 222 valence electrons. The fourth-order valence-electron chi connectivity index (χ4n) is 5.61. The van der Waals surface area contributed by atoms with E-state index < -0.39 is 17.7 Å². The molecule has 0 unspecified atom stereocenters. The van der Waals surface area contributed by atoms with Crippen LogP contribution in [0, 0.1) is 13.8 Å². The number of thiazole rings is 1. The lowest BCUT2D eigenvalue weighted by atomic mass is 9.91. The van der Waals surface area contributed by atoms with E-state index in [-0.39, 0.29) is 0 Å². The van der Waals surface area contributed by atoms with Gasteiger partial charge in [-0.1, -0.05) is 29.8 Å². The van der Waals surface area contributed by atoms with Gasteiger partial charge < -0.3 is 14.7 Å². The number of piperazine rings is 1. The molecule has 0 radical (unpaired) electrons. The van der Waals surface area contributed by atoms with Crippen LogP contribution < -0.4 is 4.90 Å². The summed E-state index contributed by atoms with van der Waals surface area (Å²) in [7, 11) is 0. The molecule has 2 aromatic carbocycles. The molecule has 1 aliphatic rings. The minimum absolute atomic E-state index is 0.292. The van der Waals surface area contributed by atoms with E-state index in [1.165, 1.54) is 11.3 Å². The Morgan fingerprint density at radius 1 is 1.10 bits per heavy atom. The van der Waals surface area contributed by atoms with Gasteiger partial charge in [0.25, 0.3) is 0 Å². The van der Waals surface area contributed by atoms with E-state index in [4.69, 9.17) is 14.7 Å². The van der Waals surface area contributed by atoms with Crippen LogP contribution in [0.4, 0.5) is 5.95 Å². The third kappa shape index (κ3) is 6.19. The van der Waals surface area contributed by atoms with Crippen LogP contribution in [0.15, 0.2) is 42.6 Å². The van der Waals surface area contributed by atoms with E-state index in [0.717, 1.165) is 62.8 Å². The Hall–Kier alpha value is -3.40. The number of aryl methyl sites for hydroxylation is 2. The number of carboxylic acid groups (broad SMARTS) is 1. The molecule has 0 spiro atoms. The molecule has 1 saturated heterocycles. The minimum atomic E-state index is -1.13. The van der Waals surface area contributed by atoms with Gasteiger partial charge in [-0.15, -0.1) is 11.3 Å². The van der Waals surface area contributed by atoms with Crippen LogP contribution in [0.3, 0.4) is 0 Å². The highest BCUT2D eigenvalue weighted by molar-refractivity contribution is 7.22. The molecule has 2 atom stereocenters. The summed E-state index contributed by atoms with van der Waals surface area (Å²) >= 11 is 1.53. The standard InChI is InChI=1S/C33H41N5O3S/c1-19(2)37-15-16-38(22(5)18-37)32-34-14-13-24(36-32)30-35-25-17-21(4)26(28(31(39)40)41-33(6,7)8)27(29(25)42-30)23-11-9-20(3)10-12-23/h9-14,17,19,22,28H,15-16,18H2,1-8H3,(H,39,40)/t22-,28+/m1/s1. The lowest BCUT2D eigenvalue weighted by Crippen LogP contribution is -2.54. The van der Waals surface area contributed by atoms with E-state index in [1.807, 2.05) is 71.0 Å². The van der Waals surface area contributed by atoms with Gasteiger partial charge in [0, 0.05) is 49.0 Å². The number of benzene rings is 2. The van der Waals surface area contributed by atoms with Crippen molar-refractivity contribution in [2.24, 2.45) is 0 Å². The summed E-state index contributed by atoms with van der Waals surface area (Å²) in [4.78, 5) is 32.0. The van der Waals surface area contributed by atoms with Crippen molar-refractivity contribution in [2.45, 2.75) is 79.2 Å². The molecule has 8 nitrogen and oxygen atoms in total. The molecule has 0 bridgehead atoms. The van der Waals surface area contributed by atoms with Crippen molar-refractivity contribution in [3.05, 3.63) is 59.3 Å². The van der Waals surface area contributed by atoms with E-state index in [9.17, 15) is 9.90 Å². The molecule has 5 rings (SSSR count). The molecule has 0 saturated carbocycles. The Labute approximate surface area is 252 Å². The topological polar surface area (TPSA) is 91.7 Å². The van der Waals surface area contributed by atoms with Crippen molar-refractivity contribution in [1.82, 2.24) is 19.9 Å². The summed E-state index contributed by atoms with van der Waals surface area (Å²) in [6.07, 6.45) is 0.674. The van der Waals surface area contributed by atoms with E-state index in [1.54, 1.807) is 6.20 Å². The lowest BCUT2D eigenvalue weighted by molar-refractivity contribution is -0.160. The third-order valence-electron chi connectivity index (χ3n) is 7.73. The van der Waals surface area contributed by atoms with Gasteiger partial charge in [0.1, 0.15) is 10.7 Å². The highest BCUT2D eigenvalue weighted by atomic mass is 32.1. The molecule has 9 heteroatoms. The van der Waals surface area contributed by atoms with Crippen molar-refractivity contribution < 1.29 is 14.6 Å². The summed E-state index contributed by atoms with van der Waals surface area (Å²) in [6, 6.07) is 12.9. The molecule has 1 fully saturated rings. The zero-order chi connectivity index (χ0) is 30.3. The predicted molar refractivity (Wildman–Crippen MR) is 170 cm³/mol. The second-order valence-electron chi connectivity index (χ2n) is 12.5. The third-order valence-corrected chi connectivity index (χ3v) is 8.85. The number of nitrogens with zero attached hydrogens (tertiary/aromatic N) is 5. The quantitative estimate of drug-likeness (QED) is 0.250. The van der Waals surface area contributed by atoms with Crippen LogP contribution in [0.5, 0.6) is 0 Å². The normalized spacial score (nSPS) is 17.3. The molecule has 4 aromatic rings. The SMILES string of the molecule is Cc1ccc(-c2c([C@H](OC(C)(C)C)C(=O)O)c(C)cc3nc(-c4ccnc(N5CCN(C(C)C)C[C@H]5C)n4)sc23)cc1. The van der Waals surface area contributed by atoms with E-state index in [0.29, 0.717) is 23.6 Å². The van der Waals surface area contributed by atoms with Crippen LogP contribution in [-0.4, -0.2) is 68.2 Å². The molecule has 0 aliphatic carbocycles.